The van der Waals surface area contributed by atoms with Crippen molar-refractivity contribution in [3.63, 3.8) is 0 Å². The zero-order valence-corrected chi connectivity index (χ0v) is 25.9. The van der Waals surface area contributed by atoms with Crippen LogP contribution in [-0.2, 0) is 13.0 Å². The summed E-state index contributed by atoms with van der Waals surface area (Å²) in [4.78, 5) is 19.8. The van der Waals surface area contributed by atoms with Crippen molar-refractivity contribution in [3.05, 3.63) is 159 Å². The molecule has 41 heavy (non-hydrogen) atoms. The van der Waals surface area contributed by atoms with Crippen LogP contribution in [0.1, 0.15) is 40.3 Å². The van der Waals surface area contributed by atoms with Gasteiger partial charge >= 0.3 is 0 Å². The van der Waals surface area contributed by atoms with E-state index in [9.17, 15) is 4.79 Å². The average molecular weight is 684 g/mol. The van der Waals surface area contributed by atoms with E-state index < -0.39 is 0 Å². The summed E-state index contributed by atoms with van der Waals surface area (Å²) < 4.78 is 10.5. The first-order valence-corrected chi connectivity index (χ1v) is 15.8. The largest absolute Gasteiger partial charge is 0.488 e. The maximum Gasteiger partial charge on any atom is 0.271 e. The van der Waals surface area contributed by atoms with Gasteiger partial charge in [0.1, 0.15) is 12.4 Å². The molecule has 0 spiro atoms. The number of allylic oxidation sites excluding steroid dienone is 1. The van der Waals surface area contributed by atoms with Crippen molar-refractivity contribution >= 4 is 55.0 Å². The highest BCUT2D eigenvalue weighted by Crippen LogP contribution is 2.41. The zero-order chi connectivity index (χ0) is 27.9. The first kappa shape index (κ1) is 26.4. The van der Waals surface area contributed by atoms with Gasteiger partial charge in [-0.2, -0.15) is 0 Å². The molecule has 0 N–H and O–H groups in total. The second-order valence-corrected chi connectivity index (χ2v) is 12.9. The smallest absolute Gasteiger partial charge is 0.271 e. The second kappa shape index (κ2) is 11.0. The van der Waals surface area contributed by atoms with Crippen molar-refractivity contribution in [3.8, 4) is 5.75 Å². The van der Waals surface area contributed by atoms with Gasteiger partial charge in [-0.1, -0.05) is 100 Å². The highest BCUT2D eigenvalue weighted by molar-refractivity contribution is 9.10. The van der Waals surface area contributed by atoms with Crippen molar-refractivity contribution in [2.45, 2.75) is 25.5 Å². The molecule has 0 fully saturated rings. The Morgan fingerprint density at radius 3 is 2.51 bits per heavy atom. The zero-order valence-electron chi connectivity index (χ0n) is 21.9. The lowest BCUT2D eigenvalue weighted by molar-refractivity contribution is 0.304. The van der Waals surface area contributed by atoms with E-state index in [0.717, 1.165) is 54.7 Å². The fraction of sp³-hybridized carbons (Fsp3) is 0.118. The van der Waals surface area contributed by atoms with E-state index in [2.05, 4.69) is 68.3 Å². The predicted octanol–water partition coefficient (Wildman–Crippen LogP) is 7.42. The van der Waals surface area contributed by atoms with Gasteiger partial charge in [-0.3, -0.25) is 9.36 Å². The quantitative estimate of drug-likeness (QED) is 0.194. The Kier molecular flexibility index (Phi) is 7.11. The maximum absolute atomic E-state index is 14.0. The summed E-state index contributed by atoms with van der Waals surface area (Å²) >= 11 is 8.57. The summed E-state index contributed by atoms with van der Waals surface area (Å²) in [5, 5.41) is 0. The monoisotopic (exact) mass is 682 g/mol. The van der Waals surface area contributed by atoms with E-state index in [1.807, 2.05) is 71.3 Å². The number of fused-ring (bicyclic) bond motifs is 3. The molecule has 1 aliphatic heterocycles. The molecule has 7 heteroatoms. The van der Waals surface area contributed by atoms with Crippen LogP contribution >= 0.6 is 43.2 Å². The molecular weight excluding hydrogens is 660 g/mol. The van der Waals surface area contributed by atoms with Gasteiger partial charge in [0.15, 0.2) is 4.80 Å². The summed E-state index contributed by atoms with van der Waals surface area (Å²) in [5.41, 5.74) is 7.82. The number of thiazole rings is 1. The number of hydrogen-bond donors (Lipinski definition) is 0. The standard InChI is InChI=1S/C34H24Br2N2O2S/c35-25-14-10-21(11-15-25)20-40-29-17-12-22(18-28(29)36)19-30-33(39)38-32(24-7-2-1-3-8-24)27-16-13-23-6-4-5-9-26(23)31(27)37-34(38)41-30/h1-12,14-15,17-19,32H,13,16,20H2/b30-19+/t32-/m0/s1. The van der Waals surface area contributed by atoms with Crippen LogP contribution < -0.4 is 19.6 Å². The fourth-order valence-electron chi connectivity index (χ4n) is 5.57. The molecule has 1 atom stereocenters. The number of rotatable bonds is 5. The van der Waals surface area contributed by atoms with Gasteiger partial charge in [-0.15, -0.1) is 0 Å². The van der Waals surface area contributed by atoms with Gasteiger partial charge in [-0.05, 0) is 86.9 Å². The molecular formula is C34H24Br2N2O2S. The number of hydrogen-bond acceptors (Lipinski definition) is 4. The van der Waals surface area contributed by atoms with Gasteiger partial charge in [0, 0.05) is 10.0 Å². The third-order valence-corrected chi connectivity index (χ3v) is 9.68. The lowest BCUT2D eigenvalue weighted by Crippen LogP contribution is -2.38. The van der Waals surface area contributed by atoms with Crippen LogP contribution in [0.15, 0.2) is 121 Å². The van der Waals surface area contributed by atoms with E-state index in [4.69, 9.17) is 9.73 Å². The highest BCUT2D eigenvalue weighted by Gasteiger charge is 2.32. The lowest BCUT2D eigenvalue weighted by Gasteiger charge is -2.30. The first-order valence-electron chi connectivity index (χ1n) is 13.4. The van der Waals surface area contributed by atoms with Gasteiger partial charge in [0.25, 0.3) is 5.56 Å². The normalized spacial score (nSPS) is 16.0. The Labute approximate surface area is 258 Å². The molecule has 0 saturated heterocycles. The SMILES string of the molecule is O=c1/c(=C\c2ccc(OCc3ccc(Br)cc3)c(Br)c2)sc2n1[C@@H](c1ccccc1)C1=C(N=2)c2ccccc2CC1. The van der Waals surface area contributed by atoms with Crippen molar-refractivity contribution in [2.24, 2.45) is 4.99 Å². The molecule has 0 unspecified atom stereocenters. The van der Waals surface area contributed by atoms with Crippen molar-refractivity contribution < 1.29 is 4.74 Å². The topological polar surface area (TPSA) is 43.6 Å². The van der Waals surface area contributed by atoms with Crippen LogP contribution in [0.3, 0.4) is 0 Å². The van der Waals surface area contributed by atoms with Crippen molar-refractivity contribution in [2.75, 3.05) is 0 Å². The van der Waals surface area contributed by atoms with E-state index in [0.29, 0.717) is 11.1 Å². The fourth-order valence-corrected chi connectivity index (χ4v) is 7.35. The summed E-state index contributed by atoms with van der Waals surface area (Å²) in [7, 11) is 0. The predicted molar refractivity (Wildman–Crippen MR) is 172 cm³/mol. The second-order valence-electron chi connectivity index (χ2n) is 10.1. The summed E-state index contributed by atoms with van der Waals surface area (Å²) in [6.07, 6.45) is 3.78. The van der Waals surface area contributed by atoms with E-state index in [1.54, 1.807) is 0 Å². The molecule has 2 heterocycles. The number of benzene rings is 4. The molecule has 2 aliphatic rings. The van der Waals surface area contributed by atoms with Gasteiger partial charge < -0.3 is 4.74 Å². The number of ether oxygens (including phenoxy) is 1. The Hall–Kier alpha value is -3.52. The lowest BCUT2D eigenvalue weighted by atomic mass is 9.83. The van der Waals surface area contributed by atoms with Gasteiger partial charge in [-0.25, -0.2) is 4.99 Å². The average Bonchev–Trinajstić information content (AvgIpc) is 3.31. The number of aromatic nitrogens is 1. The van der Waals surface area contributed by atoms with E-state index in [-0.39, 0.29) is 11.6 Å². The van der Waals surface area contributed by atoms with Gasteiger partial charge in [0.05, 0.1) is 20.7 Å². The van der Waals surface area contributed by atoms with Crippen LogP contribution in [0.4, 0.5) is 0 Å². The molecule has 4 nitrogen and oxygen atoms in total. The third kappa shape index (κ3) is 5.07. The Balaban J connectivity index is 1.28. The number of aryl methyl sites for hydroxylation is 1. The Morgan fingerprint density at radius 2 is 1.71 bits per heavy atom. The minimum atomic E-state index is -0.168. The van der Waals surface area contributed by atoms with Crippen molar-refractivity contribution in [1.82, 2.24) is 4.57 Å². The first-order chi connectivity index (χ1) is 20.0. The minimum Gasteiger partial charge on any atom is -0.488 e. The molecule has 7 rings (SSSR count). The molecule has 5 aromatic rings. The Bertz CT molecular complexity index is 1990. The van der Waals surface area contributed by atoms with Crippen LogP contribution in [0, 0.1) is 0 Å². The van der Waals surface area contributed by atoms with Crippen LogP contribution in [-0.4, -0.2) is 4.57 Å². The maximum atomic E-state index is 14.0. The minimum absolute atomic E-state index is 0.0142. The van der Waals surface area contributed by atoms with E-state index in [1.165, 1.54) is 28.0 Å². The van der Waals surface area contributed by atoms with Crippen molar-refractivity contribution in [1.29, 1.82) is 0 Å². The molecule has 0 amide bonds. The molecule has 4 aromatic carbocycles. The molecule has 1 aromatic heterocycles. The van der Waals surface area contributed by atoms with Crippen LogP contribution in [0.2, 0.25) is 0 Å². The Morgan fingerprint density at radius 1 is 0.927 bits per heavy atom. The molecule has 1 aliphatic carbocycles. The van der Waals surface area contributed by atoms with Crippen LogP contribution in [0.5, 0.6) is 5.75 Å². The third-order valence-electron chi connectivity index (χ3n) is 7.55. The highest BCUT2D eigenvalue weighted by atomic mass is 79.9. The molecule has 202 valence electrons. The van der Waals surface area contributed by atoms with Gasteiger partial charge in [0.2, 0.25) is 0 Å². The van der Waals surface area contributed by atoms with Crippen LogP contribution in [0.25, 0.3) is 11.8 Å². The summed E-state index contributed by atoms with van der Waals surface area (Å²) in [5.74, 6) is 0.752. The summed E-state index contributed by atoms with van der Waals surface area (Å²) in [6, 6.07) is 32.6. The molecule has 0 saturated carbocycles. The summed E-state index contributed by atoms with van der Waals surface area (Å²) in [6.45, 7) is 0.469. The number of nitrogens with zero attached hydrogens (tertiary/aromatic N) is 2. The number of halogens is 2. The van der Waals surface area contributed by atoms with E-state index >= 15 is 0 Å². The molecule has 0 radical (unpaired) electrons. The molecule has 0 bridgehead atoms.